The van der Waals surface area contributed by atoms with Crippen molar-refractivity contribution in [3.05, 3.63) is 134 Å². The van der Waals surface area contributed by atoms with Crippen LogP contribution in [0.15, 0.2) is 134 Å². The summed E-state index contributed by atoms with van der Waals surface area (Å²) < 4.78 is 0. The molecule has 0 aliphatic carbocycles. The lowest BCUT2D eigenvalue weighted by Crippen LogP contribution is -2.17. The Labute approximate surface area is 222 Å². The van der Waals surface area contributed by atoms with Crippen LogP contribution >= 0.6 is 24.8 Å². The van der Waals surface area contributed by atoms with Crippen LogP contribution in [0, 0.1) is 0 Å². The van der Waals surface area contributed by atoms with E-state index in [9.17, 15) is 0 Å². The maximum absolute atomic E-state index is 5.89. The van der Waals surface area contributed by atoms with Crippen LogP contribution in [0.3, 0.4) is 0 Å². The van der Waals surface area contributed by atoms with E-state index >= 15 is 0 Å². The third kappa shape index (κ3) is 24.0. The standard InChI is InChI=1S/C23H27N11.2ClH/c24-23-19-15-11-9-7-5-3-1-2-4-6-8-10-13-18-22-27-32-34(25)33-31-30-29-28-26-21-17-14-12-16-20-23;;/h1-22,32H,24-25H2;2*1H. The number of rotatable bonds is 0. The van der Waals surface area contributed by atoms with Crippen LogP contribution < -0.4 is 11.6 Å². The van der Waals surface area contributed by atoms with E-state index in [1.54, 1.807) is 48.5 Å². The minimum absolute atomic E-state index is 0. The summed E-state index contributed by atoms with van der Waals surface area (Å²) in [5, 5.41) is 26.6. The number of aromatic amines is 1. The topological polar surface area (TPSA) is 163 Å². The Morgan fingerprint density at radius 1 is 0.528 bits per heavy atom. The van der Waals surface area contributed by atoms with E-state index in [1.807, 2.05) is 72.8 Å². The number of nitrogens with one attached hydrogen (secondary N) is 1. The number of hydrogen-bond acceptors (Lipinski definition) is 9. The Bertz CT molecular complexity index is 1050. The van der Waals surface area contributed by atoms with Gasteiger partial charge < -0.3 is 11.6 Å². The highest BCUT2D eigenvalue weighted by molar-refractivity contribution is 5.85. The van der Waals surface area contributed by atoms with E-state index in [-0.39, 0.29) is 24.8 Å². The second kappa shape index (κ2) is 26.6. The quantitative estimate of drug-likeness (QED) is 0.425. The molecule has 0 aliphatic rings. The highest BCUT2D eigenvalue weighted by atomic mass is 35.5. The summed E-state index contributed by atoms with van der Waals surface area (Å²) in [4.78, 5) is 0.745. The third-order valence-electron chi connectivity index (χ3n) is 3.14. The maximum atomic E-state index is 5.89. The number of aromatic nitrogens is 9. The summed E-state index contributed by atoms with van der Waals surface area (Å²) in [5.74, 6) is 5.46. The fourth-order valence-electron chi connectivity index (χ4n) is 1.73. The van der Waals surface area contributed by atoms with Crippen LogP contribution in [0.2, 0.25) is 0 Å². The van der Waals surface area contributed by atoms with Gasteiger partial charge in [0.15, 0.2) is 0 Å². The summed E-state index contributed by atoms with van der Waals surface area (Å²) in [6.45, 7) is 0. The number of nitrogens with two attached hydrogens (primary N) is 2. The molecule has 0 saturated heterocycles. The summed E-state index contributed by atoms with van der Waals surface area (Å²) in [6, 6.07) is 36.9. The molecule has 0 amide bonds. The van der Waals surface area contributed by atoms with Crippen LogP contribution in [0.5, 0.6) is 0 Å². The monoisotopic (exact) mass is 529 g/mol. The smallest absolute Gasteiger partial charge is 0.0514 e. The average molecular weight is 530 g/mol. The van der Waals surface area contributed by atoms with E-state index < -0.39 is 0 Å². The van der Waals surface area contributed by atoms with Gasteiger partial charge in [-0.15, -0.1) is 29.9 Å². The molecule has 0 atom stereocenters. The van der Waals surface area contributed by atoms with E-state index in [0.717, 1.165) is 4.91 Å². The van der Waals surface area contributed by atoms with Gasteiger partial charge in [0, 0.05) is 11.9 Å². The molecule has 36 heavy (non-hydrogen) atoms. The number of anilines is 1. The average Bonchev–Trinajstić information content (AvgIpc) is 2.83. The minimum atomic E-state index is 0. The minimum Gasteiger partial charge on any atom is -0.399 e. The highest BCUT2D eigenvalue weighted by Crippen LogP contribution is 1.92. The molecule has 0 radical (unpaired) electrons. The van der Waals surface area contributed by atoms with Crippen molar-refractivity contribution in [3.8, 4) is 0 Å². The summed E-state index contributed by atoms with van der Waals surface area (Å²) in [7, 11) is 0. The molecule has 0 spiro atoms. The van der Waals surface area contributed by atoms with Crippen molar-refractivity contribution >= 4 is 30.5 Å². The van der Waals surface area contributed by atoms with Gasteiger partial charge in [0.05, 0.1) is 6.20 Å². The van der Waals surface area contributed by atoms with E-state index in [2.05, 4.69) is 41.5 Å². The van der Waals surface area contributed by atoms with Gasteiger partial charge in [0.1, 0.15) is 0 Å². The number of hydrogen-bond donors (Lipinski definition) is 3. The predicted octanol–water partition coefficient (Wildman–Crippen LogP) is 3.59. The van der Waals surface area contributed by atoms with Crippen LogP contribution in [0.25, 0.3) is 0 Å². The van der Waals surface area contributed by atoms with Crippen molar-refractivity contribution in [1.29, 1.82) is 0 Å². The number of H-pyrrole nitrogens is 1. The molecule has 190 valence electrons. The van der Waals surface area contributed by atoms with Gasteiger partial charge in [-0.05, 0) is 50.3 Å². The van der Waals surface area contributed by atoms with Gasteiger partial charge in [0.2, 0.25) is 0 Å². The lowest BCUT2D eigenvalue weighted by atomic mass is 10.4. The molecule has 11 nitrogen and oxygen atoms in total. The number of nitrogen functional groups attached to an aromatic ring is 2. The predicted molar refractivity (Wildman–Crippen MR) is 146 cm³/mol. The van der Waals surface area contributed by atoms with E-state index in [0.29, 0.717) is 5.69 Å². The Morgan fingerprint density at radius 2 is 0.944 bits per heavy atom. The summed E-state index contributed by atoms with van der Waals surface area (Å²) in [6.07, 6.45) is 2.91. The Hall–Kier alpha value is -4.61. The molecule has 13 heteroatoms. The van der Waals surface area contributed by atoms with Crippen molar-refractivity contribution in [2.24, 2.45) is 0 Å². The van der Waals surface area contributed by atoms with Gasteiger partial charge in [-0.25, -0.2) is 0 Å². The molecular weight excluding hydrogens is 501 g/mol. The normalized spacial score (nSPS) is 7.78. The zero-order valence-electron chi connectivity index (χ0n) is 19.3. The third-order valence-corrected chi connectivity index (χ3v) is 3.14. The van der Waals surface area contributed by atoms with Crippen LogP contribution in [0.4, 0.5) is 5.69 Å². The summed E-state index contributed by atoms with van der Waals surface area (Å²) in [5.41, 5.74) is 6.50. The zero-order valence-corrected chi connectivity index (χ0v) is 20.9. The maximum Gasteiger partial charge on any atom is 0.0514 e. The Balaban J connectivity index is 0. The Kier molecular flexibility index (Phi) is 24.8. The van der Waals surface area contributed by atoms with Gasteiger partial charge in [0.25, 0.3) is 0 Å². The van der Waals surface area contributed by atoms with E-state index in [1.165, 1.54) is 12.4 Å². The van der Waals surface area contributed by atoms with Gasteiger partial charge >= 0.3 is 0 Å². The first-order valence-corrected chi connectivity index (χ1v) is 9.95. The van der Waals surface area contributed by atoms with Gasteiger partial charge in [-0.2, -0.15) is 10.3 Å². The molecule has 1 aromatic heterocycles. The molecule has 0 aromatic carbocycles. The molecule has 1 aromatic rings. The van der Waals surface area contributed by atoms with Crippen molar-refractivity contribution in [3.63, 3.8) is 0 Å². The van der Waals surface area contributed by atoms with Crippen LogP contribution in [-0.2, 0) is 0 Å². The first-order chi connectivity index (χ1) is 16.8. The second-order valence-electron chi connectivity index (χ2n) is 5.73. The molecular formula is C23H29Cl2N11. The van der Waals surface area contributed by atoms with Gasteiger partial charge in [-0.3, -0.25) is 0 Å². The molecule has 1 rings (SSSR count). The summed E-state index contributed by atoms with van der Waals surface area (Å²) >= 11 is 0. The van der Waals surface area contributed by atoms with Crippen LogP contribution in [-0.4, -0.2) is 46.4 Å². The van der Waals surface area contributed by atoms with Gasteiger partial charge in [-0.1, -0.05) is 102 Å². The SMILES string of the molecule is Cl.Cl.Nc1ccccccccccccccccn[nH]n(N)nnnnnncccccc1. The molecule has 0 unspecified atom stereocenters. The van der Waals surface area contributed by atoms with E-state index in [4.69, 9.17) is 11.6 Å². The lowest BCUT2D eigenvalue weighted by Gasteiger charge is -1.84. The molecule has 0 fully saturated rings. The van der Waals surface area contributed by atoms with Crippen molar-refractivity contribution in [2.45, 2.75) is 0 Å². The van der Waals surface area contributed by atoms with Crippen molar-refractivity contribution in [2.75, 3.05) is 11.6 Å². The second-order valence-corrected chi connectivity index (χ2v) is 5.73. The fourth-order valence-corrected chi connectivity index (χ4v) is 1.73. The highest BCUT2D eigenvalue weighted by Gasteiger charge is 1.69. The molecule has 0 aliphatic heterocycles. The molecule has 0 saturated carbocycles. The lowest BCUT2D eigenvalue weighted by molar-refractivity contribution is 0.543. The molecule has 5 N–H and O–H groups in total. The number of halogens is 2. The van der Waals surface area contributed by atoms with Crippen LogP contribution in [0.1, 0.15) is 0 Å². The first-order valence-electron chi connectivity index (χ1n) is 9.95. The van der Waals surface area contributed by atoms with Crippen molar-refractivity contribution in [1.82, 2.24) is 46.4 Å². The van der Waals surface area contributed by atoms with Crippen molar-refractivity contribution < 1.29 is 0 Å². The Morgan fingerprint density at radius 3 is 1.47 bits per heavy atom. The zero-order chi connectivity index (χ0) is 24.4. The fraction of sp³-hybridized carbons (Fsp3) is 0. The molecule has 1 heterocycles. The largest absolute Gasteiger partial charge is 0.399 e. The number of nitrogens with zero attached hydrogens (tertiary/aromatic N) is 8. The molecule has 0 bridgehead atoms. The first kappa shape index (κ1) is 33.6.